The molecule has 29 heavy (non-hydrogen) atoms. The summed E-state index contributed by atoms with van der Waals surface area (Å²) >= 11 is 0. The van der Waals surface area contributed by atoms with Crippen molar-refractivity contribution in [1.82, 2.24) is 0 Å². The van der Waals surface area contributed by atoms with Crippen LogP contribution in [0.4, 0.5) is 4.39 Å². The van der Waals surface area contributed by atoms with Crippen LogP contribution in [0.25, 0.3) is 28.5 Å². The Kier molecular flexibility index (Phi) is 5.57. The molecule has 1 aliphatic rings. The van der Waals surface area contributed by atoms with E-state index < -0.39 is 0 Å². The molecule has 3 aromatic carbocycles. The van der Waals surface area contributed by atoms with Gasteiger partial charge >= 0.3 is 0 Å². The van der Waals surface area contributed by atoms with Crippen LogP contribution in [0, 0.1) is 5.82 Å². The monoisotopic (exact) mass is 385 g/mol. The highest BCUT2D eigenvalue weighted by molar-refractivity contribution is 6.28. The Morgan fingerprint density at radius 3 is 2.52 bits per heavy atom. The lowest BCUT2D eigenvalue weighted by molar-refractivity contribution is 0.213. The lowest BCUT2D eigenvalue weighted by Gasteiger charge is -2.23. The Morgan fingerprint density at radius 1 is 0.931 bits per heavy atom. The van der Waals surface area contributed by atoms with E-state index >= 15 is 0 Å². The van der Waals surface area contributed by atoms with Crippen LogP contribution < -0.4 is 0 Å². The molecule has 0 spiro atoms. The van der Waals surface area contributed by atoms with Crippen molar-refractivity contribution in [2.75, 3.05) is 7.11 Å². The first kappa shape index (κ1) is 19.1. The van der Waals surface area contributed by atoms with Gasteiger partial charge < -0.3 is 4.84 Å². The molecule has 0 atom stereocenters. The third-order valence-electron chi connectivity index (χ3n) is 5.42. The van der Waals surface area contributed by atoms with Crippen LogP contribution in [-0.4, -0.2) is 12.8 Å². The second kappa shape index (κ2) is 8.44. The zero-order valence-electron chi connectivity index (χ0n) is 16.8. The summed E-state index contributed by atoms with van der Waals surface area (Å²) in [6.07, 6.45) is 7.18. The molecule has 0 amide bonds. The van der Waals surface area contributed by atoms with E-state index in [1.807, 2.05) is 6.08 Å². The quantitative estimate of drug-likeness (QED) is 0.346. The van der Waals surface area contributed by atoms with Gasteiger partial charge in [-0.1, -0.05) is 71.4 Å². The summed E-state index contributed by atoms with van der Waals surface area (Å²) in [5.41, 5.74) is 6.80. The SMILES string of the molecule is CO/N=C1\CCCC(C)=C1c1c(/C=C/c2ccc(F)cc2)ccc2ccccc12. The smallest absolute Gasteiger partial charge is 0.123 e. The van der Waals surface area contributed by atoms with Gasteiger partial charge in [0.15, 0.2) is 0 Å². The van der Waals surface area contributed by atoms with Crippen LogP contribution in [-0.2, 0) is 4.84 Å². The van der Waals surface area contributed by atoms with E-state index in [4.69, 9.17) is 4.84 Å². The van der Waals surface area contributed by atoms with Crippen LogP contribution in [0.5, 0.6) is 0 Å². The summed E-state index contributed by atoms with van der Waals surface area (Å²) < 4.78 is 13.2. The van der Waals surface area contributed by atoms with E-state index in [-0.39, 0.29) is 5.82 Å². The van der Waals surface area contributed by atoms with Gasteiger partial charge in [0.1, 0.15) is 12.9 Å². The first-order valence-corrected chi connectivity index (χ1v) is 9.93. The van der Waals surface area contributed by atoms with Crippen molar-refractivity contribution >= 4 is 34.2 Å². The minimum Gasteiger partial charge on any atom is -0.399 e. The third-order valence-corrected chi connectivity index (χ3v) is 5.42. The molecular weight excluding hydrogens is 361 g/mol. The molecule has 3 heteroatoms. The van der Waals surface area contributed by atoms with Crippen LogP contribution in [0.15, 0.2) is 71.4 Å². The van der Waals surface area contributed by atoms with Crippen molar-refractivity contribution in [1.29, 1.82) is 0 Å². The Hall–Kier alpha value is -3.20. The van der Waals surface area contributed by atoms with Crippen LogP contribution in [0.3, 0.4) is 0 Å². The number of fused-ring (bicyclic) bond motifs is 1. The normalized spacial score (nSPS) is 16.2. The molecule has 0 bridgehead atoms. The maximum Gasteiger partial charge on any atom is 0.123 e. The lowest BCUT2D eigenvalue weighted by atomic mass is 9.82. The first-order chi connectivity index (χ1) is 14.2. The average Bonchev–Trinajstić information content (AvgIpc) is 2.74. The van der Waals surface area contributed by atoms with Crippen LogP contribution in [0.1, 0.15) is 42.9 Å². The maximum absolute atomic E-state index is 13.2. The van der Waals surface area contributed by atoms with Gasteiger partial charge in [-0.2, -0.15) is 0 Å². The summed E-state index contributed by atoms with van der Waals surface area (Å²) in [5.74, 6) is -0.225. The summed E-state index contributed by atoms with van der Waals surface area (Å²) in [4.78, 5) is 5.17. The molecule has 0 unspecified atom stereocenters. The topological polar surface area (TPSA) is 21.6 Å². The summed E-state index contributed by atoms with van der Waals surface area (Å²) in [5, 5.41) is 6.76. The van der Waals surface area contributed by atoms with E-state index in [2.05, 4.69) is 54.6 Å². The summed E-state index contributed by atoms with van der Waals surface area (Å²) in [6.45, 7) is 2.19. The molecule has 0 aliphatic heterocycles. The Bertz CT molecular complexity index is 1120. The number of halogens is 1. The van der Waals surface area contributed by atoms with Gasteiger partial charge in [-0.25, -0.2) is 4.39 Å². The number of nitrogens with zero attached hydrogens (tertiary/aromatic N) is 1. The Balaban J connectivity index is 1.92. The largest absolute Gasteiger partial charge is 0.399 e. The molecule has 0 saturated carbocycles. The molecule has 2 nitrogen and oxygen atoms in total. The second-order valence-electron chi connectivity index (χ2n) is 7.37. The van der Waals surface area contributed by atoms with Crippen LogP contribution in [0.2, 0.25) is 0 Å². The fourth-order valence-electron chi connectivity index (χ4n) is 4.04. The number of oxime groups is 1. The van der Waals surface area contributed by atoms with Gasteiger partial charge in [0, 0.05) is 5.57 Å². The molecule has 4 rings (SSSR count). The van der Waals surface area contributed by atoms with Gasteiger partial charge in [-0.05, 0) is 65.8 Å². The van der Waals surface area contributed by atoms with Gasteiger partial charge in [-0.3, -0.25) is 0 Å². The predicted molar refractivity (Wildman–Crippen MR) is 120 cm³/mol. The number of hydrogen-bond acceptors (Lipinski definition) is 2. The zero-order chi connectivity index (χ0) is 20.2. The number of rotatable bonds is 4. The van der Waals surface area contributed by atoms with Crippen molar-refractivity contribution in [3.05, 3.63) is 88.7 Å². The molecule has 0 aromatic heterocycles. The average molecular weight is 385 g/mol. The van der Waals surface area contributed by atoms with Gasteiger partial charge in [0.05, 0.1) is 5.71 Å². The highest BCUT2D eigenvalue weighted by Crippen LogP contribution is 2.37. The van der Waals surface area contributed by atoms with E-state index in [0.717, 1.165) is 36.1 Å². The highest BCUT2D eigenvalue weighted by Gasteiger charge is 2.22. The number of benzene rings is 3. The molecule has 0 heterocycles. The van der Waals surface area contributed by atoms with Gasteiger partial charge in [0.25, 0.3) is 0 Å². The van der Waals surface area contributed by atoms with Gasteiger partial charge in [0.2, 0.25) is 0 Å². The van der Waals surface area contributed by atoms with Gasteiger partial charge in [-0.15, -0.1) is 0 Å². The molecule has 0 saturated heterocycles. The summed E-state index contributed by atoms with van der Waals surface area (Å²) in [7, 11) is 1.60. The molecule has 1 aliphatic carbocycles. The van der Waals surface area contributed by atoms with Crippen molar-refractivity contribution in [3.8, 4) is 0 Å². The number of allylic oxidation sites excluding steroid dienone is 2. The molecule has 0 radical (unpaired) electrons. The number of hydrogen-bond donors (Lipinski definition) is 0. The molecule has 146 valence electrons. The van der Waals surface area contributed by atoms with Crippen molar-refractivity contribution in [2.24, 2.45) is 5.16 Å². The molecule has 0 fully saturated rings. The molecule has 0 N–H and O–H groups in total. The van der Waals surface area contributed by atoms with E-state index in [1.165, 1.54) is 39.6 Å². The second-order valence-corrected chi connectivity index (χ2v) is 7.37. The lowest BCUT2D eigenvalue weighted by Crippen LogP contribution is -2.12. The predicted octanol–water partition coefficient (Wildman–Crippen LogP) is 7.11. The zero-order valence-corrected chi connectivity index (χ0v) is 16.8. The fourth-order valence-corrected chi connectivity index (χ4v) is 4.04. The minimum atomic E-state index is -0.225. The standard InChI is InChI=1S/C26H24FNO/c1-18-6-5-9-24(28-29-2)25(18)26-21(13-10-19-11-16-22(27)17-12-19)15-14-20-7-3-4-8-23(20)26/h3-4,7-8,10-17H,5-6,9H2,1-2H3/b13-10+,28-24+. The van der Waals surface area contributed by atoms with E-state index in [0.29, 0.717) is 0 Å². The highest BCUT2D eigenvalue weighted by atomic mass is 19.1. The molecular formula is C26H24FNO. The Morgan fingerprint density at radius 2 is 1.72 bits per heavy atom. The van der Waals surface area contributed by atoms with E-state index in [9.17, 15) is 4.39 Å². The third kappa shape index (κ3) is 4.00. The maximum atomic E-state index is 13.2. The fraction of sp³-hybridized carbons (Fsp3) is 0.192. The summed E-state index contributed by atoms with van der Waals surface area (Å²) in [6, 6.07) is 19.3. The van der Waals surface area contributed by atoms with E-state index in [1.54, 1.807) is 19.2 Å². The first-order valence-electron chi connectivity index (χ1n) is 9.93. The Labute approximate surface area is 171 Å². The molecule has 3 aromatic rings. The van der Waals surface area contributed by atoms with Crippen LogP contribution >= 0.6 is 0 Å². The van der Waals surface area contributed by atoms with Crippen molar-refractivity contribution in [3.63, 3.8) is 0 Å². The van der Waals surface area contributed by atoms with Crippen molar-refractivity contribution in [2.45, 2.75) is 26.2 Å². The minimum absolute atomic E-state index is 0.225. The van der Waals surface area contributed by atoms with Crippen molar-refractivity contribution < 1.29 is 9.23 Å².